The molecule has 3 aromatic rings. The second kappa shape index (κ2) is 6.64. The van der Waals surface area contributed by atoms with Crippen LogP contribution in [0.25, 0.3) is 5.69 Å². The third-order valence-corrected chi connectivity index (χ3v) is 4.43. The van der Waals surface area contributed by atoms with Crippen molar-refractivity contribution in [3.8, 4) is 11.4 Å². The first kappa shape index (κ1) is 16.5. The van der Waals surface area contributed by atoms with E-state index < -0.39 is 0 Å². The summed E-state index contributed by atoms with van der Waals surface area (Å²) in [6.45, 7) is 3.70. The number of H-pyrrole nitrogens is 1. The fourth-order valence-corrected chi connectivity index (χ4v) is 2.76. The first-order valence-corrected chi connectivity index (χ1v) is 8.45. The van der Waals surface area contributed by atoms with Gasteiger partial charge in [-0.25, -0.2) is 4.68 Å². The average Bonchev–Trinajstić information content (AvgIpc) is 2.82. The Hall–Kier alpha value is -2.35. The van der Waals surface area contributed by atoms with Crippen LogP contribution in [0.2, 0.25) is 0 Å². The number of phenols is 1. The predicted octanol–water partition coefficient (Wildman–Crippen LogP) is 3.84. The number of aromatic nitrogens is 2. The van der Waals surface area contributed by atoms with Crippen LogP contribution in [0, 0.1) is 17.4 Å². The molecule has 0 bridgehead atoms. The molecule has 2 aromatic carbocycles. The fraction of sp³-hybridized carbons (Fsp3) is 0.111. The Morgan fingerprint density at radius 3 is 2.54 bits per heavy atom. The number of phenolic OH excluding ortho intramolecular Hbond substituents is 1. The molecule has 1 heterocycles. The van der Waals surface area contributed by atoms with Crippen LogP contribution >= 0.6 is 22.6 Å². The number of aliphatic imine (C=N–C) groups is 1. The maximum Gasteiger partial charge on any atom is 0.280 e. The van der Waals surface area contributed by atoms with Gasteiger partial charge in [-0.2, -0.15) is 0 Å². The summed E-state index contributed by atoms with van der Waals surface area (Å²) in [6.07, 6.45) is 1.57. The molecule has 5 nitrogen and oxygen atoms in total. The number of aromatic hydroxyl groups is 1. The van der Waals surface area contributed by atoms with E-state index in [0.29, 0.717) is 11.3 Å². The predicted molar refractivity (Wildman–Crippen MR) is 104 cm³/mol. The third-order valence-electron chi connectivity index (χ3n) is 3.71. The zero-order chi connectivity index (χ0) is 17.3. The van der Waals surface area contributed by atoms with E-state index in [-0.39, 0.29) is 11.3 Å². The molecule has 0 fully saturated rings. The summed E-state index contributed by atoms with van der Waals surface area (Å²) in [5.41, 5.74) is 3.46. The van der Waals surface area contributed by atoms with Gasteiger partial charge in [-0.3, -0.25) is 14.9 Å². The second-order valence-corrected chi connectivity index (χ2v) is 6.74. The Bertz CT molecular complexity index is 969. The van der Waals surface area contributed by atoms with Gasteiger partial charge in [0.1, 0.15) is 5.75 Å². The van der Waals surface area contributed by atoms with Gasteiger partial charge in [0.15, 0.2) is 0 Å². The van der Waals surface area contributed by atoms with Crippen molar-refractivity contribution in [1.82, 2.24) is 9.78 Å². The lowest BCUT2D eigenvalue weighted by atomic mass is 10.2. The summed E-state index contributed by atoms with van der Waals surface area (Å²) in [7, 11) is 0. The van der Waals surface area contributed by atoms with Crippen LogP contribution < -0.4 is 5.56 Å². The van der Waals surface area contributed by atoms with Crippen molar-refractivity contribution in [2.24, 2.45) is 4.99 Å². The van der Waals surface area contributed by atoms with Crippen LogP contribution in [0.3, 0.4) is 0 Å². The minimum absolute atomic E-state index is 0.145. The molecule has 24 heavy (non-hydrogen) atoms. The molecule has 0 saturated carbocycles. The highest BCUT2D eigenvalue weighted by molar-refractivity contribution is 14.1. The highest BCUT2D eigenvalue weighted by atomic mass is 127. The van der Waals surface area contributed by atoms with Crippen molar-refractivity contribution < 1.29 is 5.11 Å². The molecule has 0 aliphatic rings. The zero-order valence-corrected chi connectivity index (χ0v) is 15.4. The highest BCUT2D eigenvalue weighted by Gasteiger charge is 2.10. The molecule has 0 aliphatic carbocycles. The quantitative estimate of drug-likeness (QED) is 0.487. The molecule has 3 rings (SSSR count). The molecule has 0 radical (unpaired) electrons. The largest absolute Gasteiger partial charge is 0.508 e. The summed E-state index contributed by atoms with van der Waals surface area (Å²) in [5.74, 6) is 0.199. The Morgan fingerprint density at radius 1 is 1.17 bits per heavy atom. The van der Waals surface area contributed by atoms with Gasteiger partial charge in [-0.15, -0.1) is 0 Å². The number of hydrogen-bond acceptors (Lipinski definition) is 3. The van der Waals surface area contributed by atoms with Gasteiger partial charge in [0.25, 0.3) is 5.56 Å². The van der Waals surface area contributed by atoms with Crippen molar-refractivity contribution in [3.63, 3.8) is 0 Å². The fourth-order valence-electron chi connectivity index (χ4n) is 2.40. The summed E-state index contributed by atoms with van der Waals surface area (Å²) in [6, 6.07) is 12.6. The molecule has 0 saturated heterocycles. The number of nitrogens with one attached hydrogen (secondary N) is 1. The van der Waals surface area contributed by atoms with Gasteiger partial charge in [-0.05, 0) is 84.5 Å². The summed E-state index contributed by atoms with van der Waals surface area (Å²) < 4.78 is 2.62. The second-order valence-electron chi connectivity index (χ2n) is 5.50. The SMILES string of the molecule is Cc1cc(O)ccc1N=Cc1c(C)[nH]n(-c2ccc(I)cc2)c1=O. The van der Waals surface area contributed by atoms with Crippen LogP contribution in [0.4, 0.5) is 5.69 Å². The van der Waals surface area contributed by atoms with Crippen molar-refractivity contribution >= 4 is 34.5 Å². The Labute approximate surface area is 152 Å². The first-order valence-electron chi connectivity index (χ1n) is 7.37. The highest BCUT2D eigenvalue weighted by Crippen LogP contribution is 2.22. The van der Waals surface area contributed by atoms with E-state index in [0.717, 1.165) is 20.5 Å². The smallest absolute Gasteiger partial charge is 0.280 e. The molecule has 122 valence electrons. The number of aromatic amines is 1. The Kier molecular flexibility index (Phi) is 4.57. The van der Waals surface area contributed by atoms with E-state index in [1.807, 2.05) is 38.1 Å². The Morgan fingerprint density at radius 2 is 1.88 bits per heavy atom. The minimum Gasteiger partial charge on any atom is -0.508 e. The lowest BCUT2D eigenvalue weighted by Crippen LogP contribution is -2.17. The summed E-state index contributed by atoms with van der Waals surface area (Å²) >= 11 is 2.22. The average molecular weight is 433 g/mol. The number of nitrogens with zero attached hydrogens (tertiary/aromatic N) is 2. The molecular weight excluding hydrogens is 417 g/mol. The molecule has 0 aliphatic heterocycles. The minimum atomic E-state index is -0.145. The van der Waals surface area contributed by atoms with Gasteiger partial charge in [0, 0.05) is 15.5 Å². The topological polar surface area (TPSA) is 70.4 Å². The van der Waals surface area contributed by atoms with Crippen LogP contribution in [-0.2, 0) is 0 Å². The lowest BCUT2D eigenvalue weighted by Gasteiger charge is -2.01. The third kappa shape index (κ3) is 3.28. The van der Waals surface area contributed by atoms with E-state index in [1.165, 1.54) is 4.68 Å². The van der Waals surface area contributed by atoms with Crippen LogP contribution in [0.1, 0.15) is 16.8 Å². The number of aryl methyl sites for hydroxylation is 2. The van der Waals surface area contributed by atoms with Crippen molar-refractivity contribution in [1.29, 1.82) is 0 Å². The monoisotopic (exact) mass is 433 g/mol. The van der Waals surface area contributed by atoms with Gasteiger partial charge in [0.2, 0.25) is 0 Å². The van der Waals surface area contributed by atoms with Crippen molar-refractivity contribution in [2.75, 3.05) is 0 Å². The van der Waals surface area contributed by atoms with Crippen LogP contribution in [0.5, 0.6) is 5.75 Å². The van der Waals surface area contributed by atoms with Gasteiger partial charge in [-0.1, -0.05) is 0 Å². The molecule has 2 N–H and O–H groups in total. The summed E-state index contributed by atoms with van der Waals surface area (Å²) in [4.78, 5) is 17.0. The number of benzene rings is 2. The molecule has 1 aromatic heterocycles. The molecule has 0 amide bonds. The van der Waals surface area contributed by atoms with Crippen LogP contribution in [0.15, 0.2) is 52.3 Å². The number of halogens is 1. The van der Waals surface area contributed by atoms with E-state index >= 15 is 0 Å². The lowest BCUT2D eigenvalue weighted by molar-refractivity contribution is 0.475. The van der Waals surface area contributed by atoms with Gasteiger partial charge >= 0.3 is 0 Å². The van der Waals surface area contributed by atoms with E-state index in [4.69, 9.17) is 0 Å². The van der Waals surface area contributed by atoms with E-state index in [2.05, 4.69) is 32.7 Å². The van der Waals surface area contributed by atoms with E-state index in [9.17, 15) is 9.90 Å². The molecule has 0 spiro atoms. The van der Waals surface area contributed by atoms with Gasteiger partial charge < -0.3 is 5.11 Å². The van der Waals surface area contributed by atoms with Gasteiger partial charge in [0.05, 0.1) is 16.9 Å². The normalized spacial score (nSPS) is 11.3. The number of hydrogen-bond donors (Lipinski definition) is 2. The molecule has 0 unspecified atom stereocenters. The molecule has 6 heteroatoms. The van der Waals surface area contributed by atoms with E-state index in [1.54, 1.807) is 24.4 Å². The van der Waals surface area contributed by atoms with Crippen LogP contribution in [-0.4, -0.2) is 21.1 Å². The summed E-state index contributed by atoms with van der Waals surface area (Å²) in [5, 5.41) is 12.5. The Balaban J connectivity index is 1.99. The standard InChI is InChI=1S/C18H16IN3O2/c1-11-9-15(23)7-8-17(11)20-10-16-12(2)21-22(18(16)24)14-5-3-13(19)4-6-14/h3-10,21,23H,1-2H3. The first-order chi connectivity index (χ1) is 11.5. The zero-order valence-electron chi connectivity index (χ0n) is 13.2. The maximum atomic E-state index is 12.6. The molecule has 0 atom stereocenters. The maximum absolute atomic E-state index is 12.6. The number of rotatable bonds is 3. The van der Waals surface area contributed by atoms with Crippen molar-refractivity contribution in [2.45, 2.75) is 13.8 Å². The molecular formula is C18H16IN3O2. The van der Waals surface area contributed by atoms with Crippen molar-refractivity contribution in [3.05, 3.63) is 73.2 Å².